The largest absolute Gasteiger partial charge is 0.398 e. The van der Waals surface area contributed by atoms with Crippen LogP contribution in [0.5, 0.6) is 0 Å². The zero-order valence-corrected chi connectivity index (χ0v) is 10.2. The predicted molar refractivity (Wildman–Crippen MR) is 71.7 cm³/mol. The molecule has 0 aromatic heterocycles. The number of nitrogens with zero attached hydrogens (tertiary/aromatic N) is 1. The number of hydrogen-bond acceptors (Lipinski definition) is 4. The van der Waals surface area contributed by atoms with Crippen LogP contribution in [-0.2, 0) is 4.79 Å². The summed E-state index contributed by atoms with van der Waals surface area (Å²) in [7, 11) is 0. The third-order valence-corrected chi connectivity index (χ3v) is 2.98. The summed E-state index contributed by atoms with van der Waals surface area (Å²) in [6.45, 7) is 3.26. The number of carbonyl (C=O) groups excluding carboxylic acids is 3. The summed E-state index contributed by atoms with van der Waals surface area (Å²) in [5.41, 5.74) is 4.62. The smallest absolute Gasteiger partial charge is 0.264 e. The third-order valence-electron chi connectivity index (χ3n) is 2.98. The van der Waals surface area contributed by atoms with E-state index in [1.54, 1.807) is 0 Å². The van der Waals surface area contributed by atoms with Crippen LogP contribution in [0.25, 0.3) is 0 Å². The normalized spacial score (nSPS) is 34.4. The van der Waals surface area contributed by atoms with Crippen LogP contribution in [0.3, 0.4) is 0 Å². The van der Waals surface area contributed by atoms with Crippen molar-refractivity contribution in [1.82, 2.24) is 10.2 Å². The lowest BCUT2D eigenvalue weighted by atomic mass is 10.0. The molecule has 6 nitrogen and oxygen atoms in total. The van der Waals surface area contributed by atoms with E-state index < -0.39 is 42.2 Å². The number of carbonyl (C=O) groups is 3. The number of nitrogen functional groups attached to an aromatic ring is 1. The van der Waals surface area contributed by atoms with Gasteiger partial charge in [-0.15, -0.1) is 0 Å². The van der Waals surface area contributed by atoms with Gasteiger partial charge < -0.3 is 11.1 Å². The van der Waals surface area contributed by atoms with Crippen LogP contribution in [0.15, 0.2) is 30.5 Å². The molecule has 0 radical (unpaired) electrons. The molecule has 20 heavy (non-hydrogen) atoms. The van der Waals surface area contributed by atoms with Gasteiger partial charge in [0, 0.05) is 16.9 Å². The Morgan fingerprint density at radius 2 is 2.15 bits per heavy atom. The van der Waals surface area contributed by atoms with Gasteiger partial charge in [0.1, 0.15) is 6.02 Å². The summed E-state index contributed by atoms with van der Waals surface area (Å²) in [6.07, 6.45) is -6.16. The Kier molecular flexibility index (Phi) is 1.64. The summed E-state index contributed by atoms with van der Waals surface area (Å²) >= 11 is 0. The summed E-state index contributed by atoms with van der Waals surface area (Å²) in [5.74, 6) is -3.59. The Hall–Kier alpha value is -2.63. The van der Waals surface area contributed by atoms with Crippen LogP contribution in [0.1, 0.15) is 40.3 Å². The Bertz CT molecular complexity index is 869. The van der Waals surface area contributed by atoms with Crippen LogP contribution < -0.4 is 11.1 Å². The minimum atomic E-state index is -3.26. The molecule has 2 aliphatic heterocycles. The fraction of sp³-hybridized carbons (Fsp3) is 0.214. The molecule has 102 valence electrons. The van der Waals surface area contributed by atoms with Gasteiger partial charge in [0.25, 0.3) is 11.8 Å². The highest BCUT2D eigenvalue weighted by Gasteiger charge is 2.44. The molecule has 3 rings (SSSR count). The van der Waals surface area contributed by atoms with Crippen LogP contribution >= 0.6 is 0 Å². The molecule has 1 aromatic carbocycles. The third kappa shape index (κ3) is 1.61. The summed E-state index contributed by atoms with van der Waals surface area (Å²) in [5, 5.41) is 1.96. The summed E-state index contributed by atoms with van der Waals surface area (Å²) in [6, 6.07) is 0.827. The minimum absolute atomic E-state index is 0.0638. The van der Waals surface area contributed by atoms with Crippen LogP contribution in [0.4, 0.5) is 5.69 Å². The average Bonchev–Trinajstić information content (AvgIpc) is 2.77. The van der Waals surface area contributed by atoms with Crippen molar-refractivity contribution in [2.24, 2.45) is 0 Å². The average molecular weight is 276 g/mol. The zero-order chi connectivity index (χ0) is 18.9. The lowest BCUT2D eigenvalue weighted by Crippen LogP contribution is -2.51. The second-order valence-electron chi connectivity index (χ2n) is 4.25. The number of allylic oxidation sites excluding steroid dienone is 1. The molecule has 2 heterocycles. The van der Waals surface area contributed by atoms with Gasteiger partial charge in [-0.1, -0.05) is 12.6 Å². The van der Waals surface area contributed by atoms with E-state index in [2.05, 4.69) is 6.58 Å². The molecule has 6 heteroatoms. The maximum absolute atomic E-state index is 12.7. The second kappa shape index (κ2) is 4.19. The first kappa shape index (κ1) is 7.84. The van der Waals surface area contributed by atoms with Gasteiger partial charge in [-0.3, -0.25) is 19.3 Å². The maximum Gasteiger partial charge on any atom is 0.264 e. The van der Waals surface area contributed by atoms with Gasteiger partial charge in [-0.05, 0) is 24.9 Å². The van der Waals surface area contributed by atoms with Crippen LogP contribution in [-0.4, -0.2) is 28.6 Å². The standard InChI is InChI=1S/C14H13N3O3/c1-7-5-6-10(12(18)16-7)17-13(19)8-3-2-4-9(15)11(8)14(17)20/h2-4,10H,1,5-6,15H2,(H,16,18)/i5D2,6D2,10D. The topological polar surface area (TPSA) is 92.5 Å². The van der Waals surface area contributed by atoms with E-state index in [-0.39, 0.29) is 21.7 Å². The van der Waals surface area contributed by atoms with Crippen molar-refractivity contribution in [1.29, 1.82) is 0 Å². The molecular formula is C14H13N3O3. The quantitative estimate of drug-likeness (QED) is 0.582. The molecule has 1 atom stereocenters. The number of anilines is 1. The number of hydrogen-bond donors (Lipinski definition) is 2. The van der Waals surface area contributed by atoms with Crippen molar-refractivity contribution in [3.63, 3.8) is 0 Å². The monoisotopic (exact) mass is 276 g/mol. The summed E-state index contributed by atoms with van der Waals surface area (Å²) < 4.78 is 40.2. The number of nitrogens with one attached hydrogen (secondary N) is 1. The number of amides is 3. The van der Waals surface area contributed by atoms with E-state index >= 15 is 0 Å². The van der Waals surface area contributed by atoms with Crippen LogP contribution in [0.2, 0.25) is 0 Å². The maximum atomic E-state index is 12.7. The first-order chi connectivity index (χ1) is 11.4. The summed E-state index contributed by atoms with van der Waals surface area (Å²) in [4.78, 5) is 37.8. The Labute approximate surface area is 122 Å². The predicted octanol–water partition coefficient (Wildman–Crippen LogP) is 0.657. The van der Waals surface area contributed by atoms with Gasteiger partial charge in [-0.25, -0.2) is 0 Å². The van der Waals surface area contributed by atoms with E-state index in [9.17, 15) is 14.4 Å². The van der Waals surface area contributed by atoms with Crippen molar-refractivity contribution in [3.05, 3.63) is 41.6 Å². The van der Waals surface area contributed by atoms with Crippen LogP contribution in [0, 0.1) is 0 Å². The molecule has 1 saturated heterocycles. The van der Waals surface area contributed by atoms with Crippen molar-refractivity contribution < 1.29 is 21.2 Å². The number of benzene rings is 1. The van der Waals surface area contributed by atoms with E-state index in [1.807, 2.05) is 5.32 Å². The lowest BCUT2D eigenvalue weighted by Gasteiger charge is -2.29. The highest BCUT2D eigenvalue weighted by Crippen LogP contribution is 2.31. The fourth-order valence-electron chi connectivity index (χ4n) is 2.09. The van der Waals surface area contributed by atoms with Gasteiger partial charge in [0.15, 0.2) is 0 Å². The molecule has 1 aromatic rings. The Morgan fingerprint density at radius 3 is 2.85 bits per heavy atom. The van der Waals surface area contributed by atoms with Gasteiger partial charge in [0.05, 0.1) is 12.5 Å². The highest BCUT2D eigenvalue weighted by atomic mass is 16.2. The van der Waals surface area contributed by atoms with Crippen molar-refractivity contribution >= 4 is 23.4 Å². The molecule has 1 fully saturated rings. The molecule has 0 spiro atoms. The number of rotatable bonds is 1. The minimum Gasteiger partial charge on any atom is -0.398 e. The van der Waals surface area contributed by atoms with Crippen molar-refractivity contribution in [2.75, 3.05) is 5.73 Å². The molecular weight excluding hydrogens is 258 g/mol. The molecule has 0 bridgehead atoms. The Balaban J connectivity index is 2.24. The molecule has 3 N–H and O–H groups in total. The van der Waals surface area contributed by atoms with Gasteiger partial charge in [0.2, 0.25) is 5.91 Å². The molecule has 2 aliphatic rings. The van der Waals surface area contributed by atoms with E-state index in [0.717, 1.165) is 0 Å². The van der Waals surface area contributed by atoms with E-state index in [4.69, 9.17) is 12.6 Å². The van der Waals surface area contributed by atoms with Crippen molar-refractivity contribution in [2.45, 2.75) is 18.8 Å². The molecule has 3 amide bonds. The molecule has 0 aliphatic carbocycles. The lowest BCUT2D eigenvalue weighted by molar-refractivity contribution is -0.125. The molecule has 1 unspecified atom stereocenters. The SMILES string of the molecule is [2H]C1([2H])C(=C)NC(=O)C([2H])(N2C(=O)c3cccc(N)c3C2=O)C1([2H])[2H]. The van der Waals surface area contributed by atoms with Crippen molar-refractivity contribution in [3.8, 4) is 0 Å². The van der Waals surface area contributed by atoms with Gasteiger partial charge >= 0.3 is 0 Å². The second-order valence-corrected chi connectivity index (χ2v) is 4.25. The van der Waals surface area contributed by atoms with E-state index in [0.29, 0.717) is 0 Å². The van der Waals surface area contributed by atoms with Gasteiger partial charge in [-0.2, -0.15) is 0 Å². The number of nitrogens with two attached hydrogens (primary N) is 1. The first-order valence-corrected chi connectivity index (χ1v) is 5.67. The number of fused-ring (bicyclic) bond motifs is 1. The Morgan fingerprint density at radius 1 is 1.40 bits per heavy atom. The number of imide groups is 1. The highest BCUT2D eigenvalue weighted by molar-refractivity contribution is 6.25. The first-order valence-electron chi connectivity index (χ1n) is 8.17. The fourth-order valence-corrected chi connectivity index (χ4v) is 2.09. The molecule has 0 saturated carbocycles. The van der Waals surface area contributed by atoms with E-state index in [1.165, 1.54) is 18.2 Å². The zero-order valence-electron chi connectivity index (χ0n) is 15.2. The number of piperidine rings is 1.